The van der Waals surface area contributed by atoms with Crippen molar-refractivity contribution in [2.75, 3.05) is 18.8 Å². The number of carbonyl (C=O) groups is 3. The summed E-state index contributed by atoms with van der Waals surface area (Å²) in [6.07, 6.45) is 4.01. The minimum absolute atomic E-state index is 0.0141. The van der Waals surface area contributed by atoms with Gasteiger partial charge in [0.15, 0.2) is 0 Å². The summed E-state index contributed by atoms with van der Waals surface area (Å²) in [5.41, 5.74) is 0. The van der Waals surface area contributed by atoms with Gasteiger partial charge >= 0.3 is 0 Å². The Hall–Kier alpha value is -1.08. The van der Waals surface area contributed by atoms with E-state index in [0.717, 1.165) is 25.5 Å². The van der Waals surface area contributed by atoms with Gasteiger partial charge < -0.3 is 20.1 Å². The van der Waals surface area contributed by atoms with Gasteiger partial charge in [-0.1, -0.05) is 19.8 Å². The van der Waals surface area contributed by atoms with Crippen molar-refractivity contribution in [3.8, 4) is 0 Å². The Morgan fingerprint density at radius 3 is 2.95 bits per heavy atom. The van der Waals surface area contributed by atoms with E-state index in [1.165, 1.54) is 16.7 Å². The van der Waals surface area contributed by atoms with Gasteiger partial charge in [0.2, 0.25) is 11.8 Å². The molecule has 1 aliphatic heterocycles. The molecule has 6 nitrogen and oxygen atoms in total. The maximum atomic E-state index is 11.8. The van der Waals surface area contributed by atoms with Gasteiger partial charge in [-0.15, -0.1) is 0 Å². The molecular weight excluding hydrogens is 304 g/mol. The van der Waals surface area contributed by atoms with E-state index < -0.39 is 6.23 Å². The number of aliphatic hydroxyl groups is 1. The first kappa shape index (κ1) is 19.0. The van der Waals surface area contributed by atoms with Crippen molar-refractivity contribution in [2.45, 2.75) is 56.9 Å². The van der Waals surface area contributed by atoms with Crippen molar-refractivity contribution in [1.82, 2.24) is 10.2 Å². The number of unbranched alkanes of at least 4 members (excludes halogenated alkanes) is 2. The zero-order valence-corrected chi connectivity index (χ0v) is 13.9. The highest BCUT2D eigenvalue weighted by Crippen LogP contribution is 2.28. The fourth-order valence-corrected chi connectivity index (χ4v) is 3.52. The SMILES string of the molecule is CCCCCNC(=O)CCSC1CC(=O)N(CCC=O)C1O. The second-order valence-corrected chi connectivity index (χ2v) is 6.72. The predicted octanol–water partition coefficient (Wildman–Crippen LogP) is 0.924. The molecule has 0 radical (unpaired) electrons. The number of aliphatic hydroxyl groups excluding tert-OH is 1. The second-order valence-electron chi connectivity index (χ2n) is 5.38. The molecule has 0 aromatic rings. The third-order valence-electron chi connectivity index (χ3n) is 3.60. The van der Waals surface area contributed by atoms with Crippen LogP contribution in [0.1, 0.15) is 45.4 Å². The van der Waals surface area contributed by atoms with Gasteiger partial charge in [-0.3, -0.25) is 9.59 Å². The summed E-state index contributed by atoms with van der Waals surface area (Å²) in [7, 11) is 0. The standard InChI is InChI=1S/C15H26N2O4S/c1-2-3-4-7-16-13(19)6-10-22-12-11-14(20)17(15(12)21)8-5-9-18/h9,12,15,21H,2-8,10-11H2,1H3,(H,16,19). The minimum atomic E-state index is -0.856. The summed E-state index contributed by atoms with van der Waals surface area (Å²) in [4.78, 5) is 35.1. The van der Waals surface area contributed by atoms with Gasteiger partial charge in [-0.2, -0.15) is 11.8 Å². The summed E-state index contributed by atoms with van der Waals surface area (Å²) in [6.45, 7) is 3.09. The monoisotopic (exact) mass is 330 g/mol. The first-order valence-electron chi connectivity index (χ1n) is 7.89. The van der Waals surface area contributed by atoms with Crippen molar-refractivity contribution >= 4 is 29.9 Å². The molecule has 2 N–H and O–H groups in total. The number of nitrogens with zero attached hydrogens (tertiary/aromatic N) is 1. The smallest absolute Gasteiger partial charge is 0.225 e. The first-order valence-corrected chi connectivity index (χ1v) is 8.94. The predicted molar refractivity (Wildman–Crippen MR) is 86.4 cm³/mol. The molecular formula is C15H26N2O4S. The van der Waals surface area contributed by atoms with Crippen molar-refractivity contribution in [1.29, 1.82) is 0 Å². The third kappa shape index (κ3) is 6.36. The van der Waals surface area contributed by atoms with Gasteiger partial charge in [0, 0.05) is 38.1 Å². The van der Waals surface area contributed by atoms with E-state index in [1.54, 1.807) is 0 Å². The van der Waals surface area contributed by atoms with E-state index in [9.17, 15) is 19.5 Å². The maximum Gasteiger partial charge on any atom is 0.225 e. The van der Waals surface area contributed by atoms with Gasteiger partial charge in [-0.05, 0) is 6.42 Å². The fraction of sp³-hybridized carbons (Fsp3) is 0.800. The summed E-state index contributed by atoms with van der Waals surface area (Å²) < 4.78 is 0. The Balaban J connectivity index is 2.20. The lowest BCUT2D eigenvalue weighted by atomic mass is 10.2. The van der Waals surface area contributed by atoms with Crippen molar-refractivity contribution in [3.05, 3.63) is 0 Å². The number of hydrogen-bond donors (Lipinski definition) is 2. The molecule has 1 rings (SSSR count). The number of hydrogen-bond acceptors (Lipinski definition) is 5. The van der Waals surface area contributed by atoms with Crippen LogP contribution in [0.3, 0.4) is 0 Å². The highest BCUT2D eigenvalue weighted by Gasteiger charge is 2.38. The van der Waals surface area contributed by atoms with Crippen molar-refractivity contribution in [2.24, 2.45) is 0 Å². The van der Waals surface area contributed by atoms with E-state index in [2.05, 4.69) is 12.2 Å². The largest absolute Gasteiger partial charge is 0.372 e. The molecule has 1 aliphatic rings. The zero-order valence-electron chi connectivity index (χ0n) is 13.1. The summed E-state index contributed by atoms with van der Waals surface area (Å²) in [6, 6.07) is 0. The number of aldehydes is 1. The average Bonchev–Trinajstić information content (AvgIpc) is 2.76. The van der Waals surface area contributed by atoms with Crippen LogP contribution in [0.25, 0.3) is 0 Å². The number of nitrogens with one attached hydrogen (secondary N) is 1. The van der Waals surface area contributed by atoms with Crippen molar-refractivity contribution < 1.29 is 19.5 Å². The molecule has 126 valence electrons. The van der Waals surface area contributed by atoms with E-state index >= 15 is 0 Å². The lowest BCUT2D eigenvalue weighted by Gasteiger charge is -2.22. The molecule has 1 fully saturated rings. The van der Waals surface area contributed by atoms with E-state index in [-0.39, 0.29) is 36.5 Å². The molecule has 22 heavy (non-hydrogen) atoms. The van der Waals surface area contributed by atoms with Gasteiger partial charge in [0.25, 0.3) is 0 Å². The molecule has 0 saturated carbocycles. The average molecular weight is 330 g/mol. The lowest BCUT2D eigenvalue weighted by Crippen LogP contribution is -2.37. The molecule has 2 unspecified atom stereocenters. The molecule has 0 aromatic carbocycles. The summed E-state index contributed by atoms with van der Waals surface area (Å²) in [5, 5.41) is 12.7. The number of thioether (sulfide) groups is 1. The van der Waals surface area contributed by atoms with Crippen molar-refractivity contribution in [3.63, 3.8) is 0 Å². The number of amides is 2. The lowest BCUT2D eigenvalue weighted by molar-refractivity contribution is -0.133. The maximum absolute atomic E-state index is 11.8. The topological polar surface area (TPSA) is 86.7 Å². The van der Waals surface area contributed by atoms with Gasteiger partial charge in [0.1, 0.15) is 12.5 Å². The van der Waals surface area contributed by atoms with Crippen LogP contribution < -0.4 is 5.32 Å². The molecule has 0 spiro atoms. The Bertz CT molecular complexity index is 379. The van der Waals surface area contributed by atoms with Crippen LogP contribution in [0.15, 0.2) is 0 Å². The Kier molecular flexibility index (Phi) is 9.15. The number of rotatable bonds is 11. The highest BCUT2D eigenvalue weighted by atomic mass is 32.2. The normalized spacial score (nSPS) is 21.2. The Labute approximate surface area is 136 Å². The van der Waals surface area contributed by atoms with E-state index in [4.69, 9.17) is 0 Å². The molecule has 0 bridgehead atoms. The van der Waals surface area contributed by atoms with Gasteiger partial charge in [-0.25, -0.2) is 0 Å². The minimum Gasteiger partial charge on any atom is -0.372 e. The quantitative estimate of drug-likeness (QED) is 0.435. The molecule has 2 amide bonds. The van der Waals surface area contributed by atoms with Crippen LogP contribution in [0.2, 0.25) is 0 Å². The summed E-state index contributed by atoms with van der Waals surface area (Å²) >= 11 is 1.44. The van der Waals surface area contributed by atoms with E-state index in [0.29, 0.717) is 18.7 Å². The van der Waals surface area contributed by atoms with Crippen LogP contribution in [0.5, 0.6) is 0 Å². The number of carbonyl (C=O) groups excluding carboxylic acids is 3. The Morgan fingerprint density at radius 1 is 1.50 bits per heavy atom. The molecule has 0 aromatic heterocycles. The van der Waals surface area contributed by atoms with Crippen LogP contribution >= 0.6 is 11.8 Å². The van der Waals surface area contributed by atoms with Crippen LogP contribution in [-0.2, 0) is 14.4 Å². The molecule has 2 atom stereocenters. The molecule has 7 heteroatoms. The fourth-order valence-electron chi connectivity index (χ4n) is 2.33. The van der Waals surface area contributed by atoms with E-state index in [1.807, 2.05) is 0 Å². The van der Waals surface area contributed by atoms with Gasteiger partial charge in [0.05, 0.1) is 5.25 Å². The molecule has 0 aliphatic carbocycles. The molecule has 1 saturated heterocycles. The third-order valence-corrected chi connectivity index (χ3v) is 4.88. The highest BCUT2D eigenvalue weighted by molar-refractivity contribution is 8.00. The van der Waals surface area contributed by atoms with Crippen LogP contribution in [0.4, 0.5) is 0 Å². The summed E-state index contributed by atoms with van der Waals surface area (Å²) in [5.74, 6) is 0.465. The first-order chi connectivity index (χ1) is 10.6. The van der Waals surface area contributed by atoms with Crippen LogP contribution in [0, 0.1) is 0 Å². The molecule has 1 heterocycles. The number of likely N-dealkylation sites (tertiary alicyclic amines) is 1. The van der Waals surface area contributed by atoms with Crippen LogP contribution in [-0.4, -0.2) is 58.4 Å². The second kappa shape index (κ2) is 10.6. The zero-order chi connectivity index (χ0) is 16.4. The Morgan fingerprint density at radius 2 is 2.27 bits per heavy atom.